The molecule has 0 aliphatic carbocycles. The number of piperidine rings is 1. The highest BCUT2D eigenvalue weighted by molar-refractivity contribution is 5.69. The van der Waals surface area contributed by atoms with E-state index in [0.717, 1.165) is 24.8 Å². The Labute approximate surface area is 114 Å². The molecule has 4 heteroatoms. The van der Waals surface area contributed by atoms with E-state index in [9.17, 15) is 9.90 Å². The van der Waals surface area contributed by atoms with Gasteiger partial charge in [0, 0.05) is 6.54 Å². The van der Waals surface area contributed by atoms with Crippen molar-refractivity contribution in [1.82, 2.24) is 4.90 Å². The number of aliphatic hydroxyl groups is 1. The van der Waals surface area contributed by atoms with Gasteiger partial charge in [-0.15, -0.1) is 0 Å². The van der Waals surface area contributed by atoms with Gasteiger partial charge in [-0.2, -0.15) is 0 Å². The van der Waals surface area contributed by atoms with Gasteiger partial charge in [-0.05, 0) is 31.7 Å². The first kappa shape index (κ1) is 13.9. The van der Waals surface area contributed by atoms with Crippen LogP contribution in [-0.4, -0.2) is 34.8 Å². The topological polar surface area (TPSA) is 49.8 Å². The molecule has 0 radical (unpaired) electrons. The van der Waals surface area contributed by atoms with Crippen molar-refractivity contribution in [2.75, 3.05) is 13.2 Å². The number of carbonyl (C=O) groups is 1. The van der Waals surface area contributed by atoms with Gasteiger partial charge in [0.15, 0.2) is 0 Å². The summed E-state index contributed by atoms with van der Waals surface area (Å²) in [6, 6.07) is 9.62. The van der Waals surface area contributed by atoms with Crippen LogP contribution < -0.4 is 0 Å². The summed E-state index contributed by atoms with van der Waals surface area (Å²) in [6.45, 7) is 2.83. The van der Waals surface area contributed by atoms with Crippen molar-refractivity contribution < 1.29 is 14.6 Å². The predicted octanol–water partition coefficient (Wildman–Crippen LogP) is 2.56. The zero-order valence-corrected chi connectivity index (χ0v) is 11.3. The summed E-state index contributed by atoms with van der Waals surface area (Å²) in [5.41, 5.74) is 0.491. The summed E-state index contributed by atoms with van der Waals surface area (Å²) in [5, 5.41) is 9.51. The van der Waals surface area contributed by atoms with Crippen LogP contribution in [0.4, 0.5) is 4.79 Å². The number of hydrogen-bond donors (Lipinski definition) is 1. The zero-order valence-electron chi connectivity index (χ0n) is 11.3. The lowest BCUT2D eigenvalue weighted by atomic mass is 9.90. The van der Waals surface area contributed by atoms with Gasteiger partial charge in [0.25, 0.3) is 0 Å². The number of rotatable bonds is 3. The molecule has 1 aliphatic heterocycles. The Morgan fingerprint density at radius 3 is 2.79 bits per heavy atom. The number of ether oxygens (including phenoxy) is 1. The Bertz CT molecular complexity index is 421. The zero-order chi connectivity index (χ0) is 13.7. The third-order valence-corrected chi connectivity index (χ3v) is 3.76. The number of nitrogens with zero attached hydrogens (tertiary/aromatic N) is 1. The molecule has 19 heavy (non-hydrogen) atoms. The minimum absolute atomic E-state index is 0.0204. The van der Waals surface area contributed by atoms with Gasteiger partial charge in [0.2, 0.25) is 0 Å². The molecule has 0 aromatic heterocycles. The van der Waals surface area contributed by atoms with Gasteiger partial charge >= 0.3 is 6.09 Å². The van der Waals surface area contributed by atoms with E-state index in [1.807, 2.05) is 37.3 Å². The van der Waals surface area contributed by atoms with Crippen LogP contribution in [0.3, 0.4) is 0 Å². The Morgan fingerprint density at radius 1 is 1.37 bits per heavy atom. The van der Waals surface area contributed by atoms with E-state index in [1.165, 1.54) is 0 Å². The van der Waals surface area contributed by atoms with Crippen molar-refractivity contribution in [1.29, 1.82) is 0 Å². The van der Waals surface area contributed by atoms with E-state index in [-0.39, 0.29) is 19.3 Å². The first-order chi connectivity index (χ1) is 9.15. The molecule has 0 unspecified atom stereocenters. The highest BCUT2D eigenvalue weighted by atomic mass is 16.6. The number of benzene rings is 1. The third-order valence-electron chi connectivity index (χ3n) is 3.76. The molecule has 1 amide bonds. The molecule has 1 N–H and O–H groups in total. The maximum atomic E-state index is 12.1. The van der Waals surface area contributed by atoms with Crippen molar-refractivity contribution >= 4 is 6.09 Å². The van der Waals surface area contributed by atoms with E-state index in [2.05, 4.69) is 0 Å². The van der Waals surface area contributed by atoms with Crippen LogP contribution in [0.25, 0.3) is 0 Å². The summed E-state index contributed by atoms with van der Waals surface area (Å²) in [6.07, 6.45) is 2.50. The lowest BCUT2D eigenvalue weighted by Gasteiger charge is -2.42. The highest BCUT2D eigenvalue weighted by Crippen LogP contribution is 2.28. The quantitative estimate of drug-likeness (QED) is 0.911. The minimum Gasteiger partial charge on any atom is -0.445 e. The van der Waals surface area contributed by atoms with E-state index in [0.29, 0.717) is 6.54 Å². The maximum Gasteiger partial charge on any atom is 0.410 e. The van der Waals surface area contributed by atoms with Gasteiger partial charge in [-0.25, -0.2) is 4.79 Å². The average molecular weight is 263 g/mol. The molecule has 2 rings (SSSR count). The summed E-state index contributed by atoms with van der Waals surface area (Å²) < 4.78 is 5.34. The van der Waals surface area contributed by atoms with E-state index in [4.69, 9.17) is 4.74 Å². The van der Waals surface area contributed by atoms with Gasteiger partial charge in [-0.3, -0.25) is 0 Å². The monoisotopic (exact) mass is 263 g/mol. The van der Waals surface area contributed by atoms with E-state index >= 15 is 0 Å². The van der Waals surface area contributed by atoms with Crippen molar-refractivity contribution in [2.45, 2.75) is 38.3 Å². The van der Waals surface area contributed by atoms with Crippen LogP contribution in [0, 0.1) is 0 Å². The van der Waals surface area contributed by atoms with E-state index in [1.54, 1.807) is 4.90 Å². The maximum absolute atomic E-state index is 12.1. The minimum atomic E-state index is -0.480. The molecular weight excluding hydrogens is 242 g/mol. The summed E-state index contributed by atoms with van der Waals surface area (Å²) >= 11 is 0. The second-order valence-corrected chi connectivity index (χ2v) is 5.30. The number of aliphatic hydroxyl groups excluding tert-OH is 1. The summed E-state index contributed by atoms with van der Waals surface area (Å²) in [7, 11) is 0. The molecule has 1 heterocycles. The predicted molar refractivity (Wildman–Crippen MR) is 72.7 cm³/mol. The molecule has 0 bridgehead atoms. The Morgan fingerprint density at radius 2 is 2.11 bits per heavy atom. The van der Waals surface area contributed by atoms with Gasteiger partial charge < -0.3 is 14.7 Å². The molecule has 1 aromatic rings. The molecular formula is C15H21NO3. The SMILES string of the molecule is C[C@]1(CO)CCCCN1C(=O)OCc1ccccc1. The average Bonchev–Trinajstić information content (AvgIpc) is 2.46. The van der Waals surface area contributed by atoms with Gasteiger partial charge in [0.05, 0.1) is 12.1 Å². The first-order valence-corrected chi connectivity index (χ1v) is 6.75. The Kier molecular flexibility index (Phi) is 4.43. The lowest BCUT2D eigenvalue weighted by Crippen LogP contribution is -2.55. The highest BCUT2D eigenvalue weighted by Gasteiger charge is 2.37. The summed E-state index contributed by atoms with van der Waals surface area (Å²) in [4.78, 5) is 13.8. The van der Waals surface area contributed by atoms with Crippen LogP contribution >= 0.6 is 0 Å². The van der Waals surface area contributed by atoms with Crippen molar-refractivity contribution in [2.24, 2.45) is 0 Å². The summed E-state index contributed by atoms with van der Waals surface area (Å²) in [5.74, 6) is 0. The largest absolute Gasteiger partial charge is 0.445 e. The molecule has 1 atom stereocenters. The number of likely N-dealkylation sites (tertiary alicyclic amines) is 1. The molecule has 1 fully saturated rings. The van der Waals surface area contributed by atoms with E-state index < -0.39 is 5.54 Å². The number of hydrogen-bond acceptors (Lipinski definition) is 3. The lowest BCUT2D eigenvalue weighted by molar-refractivity contribution is 0.00290. The molecule has 0 spiro atoms. The molecule has 1 saturated heterocycles. The normalized spacial score (nSPS) is 23.2. The molecule has 1 aliphatic rings. The fourth-order valence-electron chi connectivity index (χ4n) is 2.45. The van der Waals surface area contributed by atoms with Crippen LogP contribution in [0.5, 0.6) is 0 Å². The molecule has 104 valence electrons. The fraction of sp³-hybridized carbons (Fsp3) is 0.533. The van der Waals surface area contributed by atoms with Gasteiger partial charge in [0.1, 0.15) is 6.61 Å². The first-order valence-electron chi connectivity index (χ1n) is 6.75. The molecule has 0 saturated carbocycles. The van der Waals surface area contributed by atoms with Gasteiger partial charge in [-0.1, -0.05) is 30.3 Å². The van der Waals surface area contributed by atoms with Crippen LogP contribution in [-0.2, 0) is 11.3 Å². The molecule has 1 aromatic carbocycles. The van der Waals surface area contributed by atoms with Crippen molar-refractivity contribution in [3.8, 4) is 0 Å². The van der Waals surface area contributed by atoms with Crippen molar-refractivity contribution in [3.05, 3.63) is 35.9 Å². The van der Waals surface area contributed by atoms with Crippen LogP contribution in [0.2, 0.25) is 0 Å². The third kappa shape index (κ3) is 3.26. The number of carbonyl (C=O) groups excluding carboxylic acids is 1. The molecule has 4 nitrogen and oxygen atoms in total. The second kappa shape index (κ2) is 6.06. The second-order valence-electron chi connectivity index (χ2n) is 5.30. The number of amides is 1. The van der Waals surface area contributed by atoms with Crippen LogP contribution in [0.1, 0.15) is 31.7 Å². The van der Waals surface area contributed by atoms with Crippen LogP contribution in [0.15, 0.2) is 30.3 Å². The fourth-order valence-corrected chi connectivity index (χ4v) is 2.45. The smallest absolute Gasteiger partial charge is 0.410 e. The standard InChI is InChI=1S/C15H21NO3/c1-15(12-17)9-5-6-10-16(15)14(18)19-11-13-7-3-2-4-8-13/h2-4,7-8,17H,5-6,9-12H2,1H3/t15-/m1/s1. The van der Waals surface area contributed by atoms with Crippen molar-refractivity contribution in [3.63, 3.8) is 0 Å². The Hall–Kier alpha value is -1.55. The Balaban J connectivity index is 1.95.